The molecule has 0 unspecified atom stereocenters. The maximum atomic E-state index is 6.46. The lowest BCUT2D eigenvalue weighted by molar-refractivity contribution is 0.372. The molecule has 6 nitrogen and oxygen atoms in total. The summed E-state index contributed by atoms with van der Waals surface area (Å²) in [4.78, 5) is 4.53. The zero-order valence-corrected chi connectivity index (χ0v) is 17.9. The van der Waals surface area contributed by atoms with E-state index in [2.05, 4.69) is 45.7 Å². The van der Waals surface area contributed by atoms with Gasteiger partial charge in [0, 0.05) is 17.5 Å². The first kappa shape index (κ1) is 19.5. The van der Waals surface area contributed by atoms with Crippen LogP contribution in [-0.4, -0.2) is 24.9 Å². The van der Waals surface area contributed by atoms with E-state index in [0.717, 1.165) is 35.2 Å². The lowest BCUT2D eigenvalue weighted by Crippen LogP contribution is -2.09. The van der Waals surface area contributed by atoms with Crippen LogP contribution in [0.4, 0.5) is 0 Å². The number of hydrogen-bond donors (Lipinski definition) is 0. The van der Waals surface area contributed by atoms with Gasteiger partial charge in [-0.25, -0.2) is 0 Å². The molecular weight excluding hydrogens is 394 g/mol. The molecule has 2 heterocycles. The fourth-order valence-electron chi connectivity index (χ4n) is 3.53. The Hall–Kier alpha value is -1.86. The van der Waals surface area contributed by atoms with Crippen LogP contribution in [0.3, 0.4) is 0 Å². The van der Waals surface area contributed by atoms with E-state index in [0.29, 0.717) is 17.0 Å². The van der Waals surface area contributed by atoms with E-state index in [1.807, 2.05) is 24.3 Å². The van der Waals surface area contributed by atoms with E-state index in [-0.39, 0.29) is 11.2 Å². The van der Waals surface area contributed by atoms with E-state index >= 15 is 0 Å². The highest BCUT2D eigenvalue weighted by Gasteiger charge is 2.28. The van der Waals surface area contributed by atoms with Gasteiger partial charge in [0.25, 0.3) is 0 Å². The average molecular weight is 418 g/mol. The van der Waals surface area contributed by atoms with E-state index < -0.39 is 0 Å². The molecule has 0 N–H and O–H groups in total. The lowest BCUT2D eigenvalue weighted by Gasteiger charge is -2.18. The Morgan fingerprint density at radius 2 is 1.89 bits per heavy atom. The topological polar surface area (TPSA) is 69.6 Å². The molecule has 0 spiro atoms. The molecule has 4 rings (SSSR count). The van der Waals surface area contributed by atoms with E-state index in [1.165, 1.54) is 12.8 Å². The summed E-state index contributed by atoms with van der Waals surface area (Å²) >= 11 is 8.07. The molecule has 1 aromatic carbocycles. The standard InChI is InChI=1S/C20H24ClN5OS/c1-12(2)17-22-19(27-25-17)13(3)28-20-24-23-18(15-10-6-7-11-16(15)21)26(20)14-8-4-5-9-14/h6-7,10-14H,4-5,8-9H2,1-3H3/t13-/m1/s1. The molecule has 0 amide bonds. The van der Waals surface area contributed by atoms with Crippen molar-refractivity contribution in [2.75, 3.05) is 0 Å². The van der Waals surface area contributed by atoms with Crippen molar-refractivity contribution < 1.29 is 4.52 Å². The molecule has 1 atom stereocenters. The van der Waals surface area contributed by atoms with Gasteiger partial charge in [0.2, 0.25) is 5.89 Å². The highest BCUT2D eigenvalue weighted by molar-refractivity contribution is 7.99. The Balaban J connectivity index is 1.67. The summed E-state index contributed by atoms with van der Waals surface area (Å²) in [7, 11) is 0. The maximum absolute atomic E-state index is 6.46. The molecule has 28 heavy (non-hydrogen) atoms. The number of hydrogen-bond acceptors (Lipinski definition) is 6. The Labute approximate surface area is 174 Å². The van der Waals surface area contributed by atoms with Crippen molar-refractivity contribution in [2.24, 2.45) is 0 Å². The van der Waals surface area contributed by atoms with Crippen molar-refractivity contribution in [1.82, 2.24) is 24.9 Å². The number of benzene rings is 1. The van der Waals surface area contributed by atoms with Crippen LogP contribution in [0.1, 0.15) is 75.4 Å². The quantitative estimate of drug-likeness (QED) is 0.453. The SMILES string of the molecule is CC(C)c1noc([C@@H](C)Sc2nnc(-c3ccccc3Cl)n2C2CCCC2)n1. The summed E-state index contributed by atoms with van der Waals surface area (Å²) in [6.45, 7) is 6.17. The highest BCUT2D eigenvalue weighted by Crippen LogP contribution is 2.41. The molecule has 0 radical (unpaired) electrons. The first-order chi connectivity index (χ1) is 13.5. The van der Waals surface area contributed by atoms with Crippen molar-refractivity contribution in [2.45, 2.75) is 68.8 Å². The monoisotopic (exact) mass is 417 g/mol. The van der Waals surface area contributed by atoms with Gasteiger partial charge >= 0.3 is 0 Å². The van der Waals surface area contributed by atoms with Gasteiger partial charge in [-0.2, -0.15) is 4.98 Å². The van der Waals surface area contributed by atoms with Crippen molar-refractivity contribution in [3.8, 4) is 11.4 Å². The first-order valence-corrected chi connectivity index (χ1v) is 11.0. The number of rotatable bonds is 6. The molecule has 1 fully saturated rings. The number of nitrogens with zero attached hydrogens (tertiary/aromatic N) is 5. The normalized spacial score (nSPS) is 16.2. The van der Waals surface area contributed by atoms with E-state index in [9.17, 15) is 0 Å². The third-order valence-corrected chi connectivity index (χ3v) is 6.45. The van der Waals surface area contributed by atoms with Crippen LogP contribution in [0.15, 0.2) is 33.9 Å². The van der Waals surface area contributed by atoms with Gasteiger partial charge in [0.15, 0.2) is 16.8 Å². The van der Waals surface area contributed by atoms with Crippen LogP contribution in [0.25, 0.3) is 11.4 Å². The Morgan fingerprint density at radius 3 is 2.57 bits per heavy atom. The predicted molar refractivity (Wildman–Crippen MR) is 111 cm³/mol. The minimum absolute atomic E-state index is 0.0107. The van der Waals surface area contributed by atoms with Crippen LogP contribution >= 0.6 is 23.4 Å². The van der Waals surface area contributed by atoms with Gasteiger partial charge in [-0.15, -0.1) is 10.2 Å². The number of halogens is 1. The maximum Gasteiger partial charge on any atom is 0.239 e. The minimum Gasteiger partial charge on any atom is -0.338 e. The summed E-state index contributed by atoms with van der Waals surface area (Å²) in [6.07, 6.45) is 4.72. The largest absolute Gasteiger partial charge is 0.338 e. The van der Waals surface area contributed by atoms with Crippen LogP contribution < -0.4 is 0 Å². The van der Waals surface area contributed by atoms with Gasteiger partial charge in [-0.1, -0.05) is 67.3 Å². The fraction of sp³-hybridized carbons (Fsp3) is 0.500. The van der Waals surface area contributed by atoms with Crippen molar-refractivity contribution in [1.29, 1.82) is 0 Å². The van der Waals surface area contributed by atoms with Crippen molar-refractivity contribution >= 4 is 23.4 Å². The number of aromatic nitrogens is 5. The summed E-state index contributed by atoms with van der Waals surface area (Å²) < 4.78 is 7.73. The van der Waals surface area contributed by atoms with Crippen molar-refractivity contribution in [3.63, 3.8) is 0 Å². The summed E-state index contributed by atoms with van der Waals surface area (Å²) in [5.41, 5.74) is 0.919. The van der Waals surface area contributed by atoms with Crippen LogP contribution in [0, 0.1) is 0 Å². The van der Waals surface area contributed by atoms with Gasteiger partial charge in [-0.05, 0) is 31.9 Å². The van der Waals surface area contributed by atoms with Crippen LogP contribution in [0.2, 0.25) is 5.02 Å². The second-order valence-electron chi connectivity index (χ2n) is 7.50. The molecule has 3 aromatic rings. The molecule has 0 aliphatic heterocycles. The van der Waals surface area contributed by atoms with Crippen LogP contribution in [0.5, 0.6) is 0 Å². The predicted octanol–water partition coefficient (Wildman–Crippen LogP) is 6.07. The number of thioether (sulfide) groups is 1. The van der Waals surface area contributed by atoms with Crippen LogP contribution in [-0.2, 0) is 0 Å². The summed E-state index contributed by atoms with van der Waals surface area (Å²) in [5.74, 6) is 2.43. The molecule has 148 valence electrons. The Kier molecular flexibility index (Phi) is 5.73. The summed E-state index contributed by atoms with van der Waals surface area (Å²) in [5, 5.41) is 14.7. The van der Waals surface area contributed by atoms with E-state index in [4.69, 9.17) is 16.1 Å². The molecule has 1 aliphatic carbocycles. The van der Waals surface area contributed by atoms with Gasteiger partial charge in [0.05, 0.1) is 10.3 Å². The third-order valence-electron chi connectivity index (χ3n) is 5.07. The third kappa shape index (κ3) is 3.82. The molecule has 0 saturated heterocycles. The smallest absolute Gasteiger partial charge is 0.239 e. The molecule has 0 bridgehead atoms. The van der Waals surface area contributed by atoms with Crippen molar-refractivity contribution in [3.05, 3.63) is 41.0 Å². The molecule has 1 saturated carbocycles. The first-order valence-electron chi connectivity index (χ1n) is 9.74. The Morgan fingerprint density at radius 1 is 1.14 bits per heavy atom. The van der Waals surface area contributed by atoms with E-state index in [1.54, 1.807) is 11.8 Å². The highest BCUT2D eigenvalue weighted by atomic mass is 35.5. The van der Waals surface area contributed by atoms with Gasteiger partial charge in [0.1, 0.15) is 0 Å². The lowest BCUT2D eigenvalue weighted by atomic mass is 10.2. The van der Waals surface area contributed by atoms with Gasteiger partial charge < -0.3 is 4.52 Å². The molecule has 2 aromatic heterocycles. The second-order valence-corrected chi connectivity index (χ2v) is 9.22. The summed E-state index contributed by atoms with van der Waals surface area (Å²) in [6, 6.07) is 8.21. The van der Waals surface area contributed by atoms with Gasteiger partial charge in [-0.3, -0.25) is 4.57 Å². The zero-order chi connectivity index (χ0) is 19.7. The molecule has 1 aliphatic rings. The zero-order valence-electron chi connectivity index (χ0n) is 16.3. The molecular formula is C20H24ClN5OS. The Bertz CT molecular complexity index is 948. The average Bonchev–Trinajstić information content (AvgIpc) is 3.42. The fourth-order valence-corrected chi connectivity index (χ4v) is 4.70. The minimum atomic E-state index is -0.0107. The second kappa shape index (κ2) is 8.25. The molecule has 8 heteroatoms.